The van der Waals surface area contributed by atoms with Gasteiger partial charge in [0.1, 0.15) is 17.1 Å². The number of allylic oxidation sites excluding steroid dienone is 1. The highest BCUT2D eigenvalue weighted by Gasteiger charge is 2.29. The number of aryl methyl sites for hydroxylation is 2. The summed E-state index contributed by atoms with van der Waals surface area (Å²) in [4.78, 5) is 28.4. The maximum absolute atomic E-state index is 13.2. The second kappa shape index (κ2) is 8.10. The molecule has 0 saturated carbocycles. The summed E-state index contributed by atoms with van der Waals surface area (Å²) in [5, 5.41) is 3.05. The lowest BCUT2D eigenvalue weighted by molar-refractivity contribution is 0.0940. The number of aromatic nitrogens is 1. The topological polar surface area (TPSA) is 71.2 Å². The minimum Gasteiger partial charge on any atom is -0.457 e. The molecular formula is C24H21IN2O3. The molecule has 1 aliphatic heterocycles. The fourth-order valence-electron chi connectivity index (χ4n) is 3.61. The molecule has 0 radical (unpaired) electrons. The van der Waals surface area contributed by atoms with Crippen molar-refractivity contribution in [3.63, 3.8) is 0 Å². The van der Waals surface area contributed by atoms with Gasteiger partial charge in [0.2, 0.25) is 0 Å². The monoisotopic (exact) mass is 512 g/mol. The van der Waals surface area contributed by atoms with Crippen LogP contribution in [0.25, 0.3) is 0 Å². The number of hydrogen-bond acceptors (Lipinski definition) is 3. The molecule has 30 heavy (non-hydrogen) atoms. The van der Waals surface area contributed by atoms with Crippen LogP contribution in [0.2, 0.25) is 0 Å². The summed E-state index contributed by atoms with van der Waals surface area (Å²) in [7, 11) is 0. The Bertz CT molecular complexity index is 1180. The van der Waals surface area contributed by atoms with Crippen LogP contribution in [0.1, 0.15) is 44.2 Å². The predicted octanol–water partition coefficient (Wildman–Crippen LogP) is 4.95. The van der Waals surface area contributed by atoms with E-state index in [1.54, 1.807) is 12.1 Å². The minimum absolute atomic E-state index is 0.0843. The van der Waals surface area contributed by atoms with Crippen LogP contribution in [-0.4, -0.2) is 10.9 Å². The molecule has 0 spiro atoms. The number of carbonyl (C=O) groups excluding carboxylic acids is 1. The highest BCUT2D eigenvalue weighted by Crippen LogP contribution is 2.43. The fraction of sp³-hybridized carbons (Fsp3) is 0.167. The number of benzene rings is 2. The largest absolute Gasteiger partial charge is 0.457 e. The van der Waals surface area contributed by atoms with Gasteiger partial charge in [-0.25, -0.2) is 0 Å². The molecule has 0 unspecified atom stereocenters. The van der Waals surface area contributed by atoms with Crippen LogP contribution in [0.4, 0.5) is 0 Å². The number of rotatable bonds is 4. The van der Waals surface area contributed by atoms with Crippen LogP contribution in [0, 0.1) is 17.5 Å². The van der Waals surface area contributed by atoms with Crippen molar-refractivity contribution in [3.8, 4) is 11.5 Å². The predicted molar refractivity (Wildman–Crippen MR) is 125 cm³/mol. The van der Waals surface area contributed by atoms with Gasteiger partial charge in [-0.2, -0.15) is 0 Å². The summed E-state index contributed by atoms with van der Waals surface area (Å²) >= 11 is 2.06. The number of fused-ring (bicyclic) bond motifs is 2. The maximum Gasteiger partial charge on any atom is 0.261 e. The van der Waals surface area contributed by atoms with Crippen molar-refractivity contribution in [2.75, 3.05) is 0 Å². The summed E-state index contributed by atoms with van der Waals surface area (Å²) in [5.74, 6) is 0.993. The first-order chi connectivity index (χ1) is 14.4. The van der Waals surface area contributed by atoms with Gasteiger partial charge in [-0.3, -0.25) is 9.59 Å². The van der Waals surface area contributed by atoms with Gasteiger partial charge in [0, 0.05) is 11.1 Å². The Labute approximate surface area is 188 Å². The maximum atomic E-state index is 13.2. The molecule has 1 aromatic heterocycles. The van der Waals surface area contributed by atoms with E-state index >= 15 is 0 Å². The lowest BCUT2D eigenvalue weighted by Gasteiger charge is -2.29. The van der Waals surface area contributed by atoms with Crippen LogP contribution in [-0.2, 0) is 6.42 Å². The number of amides is 1. The first-order valence-corrected chi connectivity index (χ1v) is 10.7. The number of hydrogen-bond donors (Lipinski definition) is 2. The Balaban J connectivity index is 1.77. The standard InChI is InChI=1S/C24H21IN2O3/c1-4-5-15-12-18(24(29)27-22(15)25)23(28)26-21-16-8-6-13(2)10-19(16)30-20-11-14(3)7-9-17(20)21/h4,6-12,21H,1,5H2,2-3H3,(H,26,28)(H,27,29). The molecule has 0 fully saturated rings. The van der Waals surface area contributed by atoms with E-state index in [-0.39, 0.29) is 5.56 Å². The van der Waals surface area contributed by atoms with Crippen LogP contribution in [0.15, 0.2) is 59.9 Å². The molecule has 2 aromatic carbocycles. The van der Waals surface area contributed by atoms with E-state index in [0.717, 1.165) is 27.8 Å². The summed E-state index contributed by atoms with van der Waals surface area (Å²) < 4.78 is 6.83. The zero-order chi connectivity index (χ0) is 21.4. The molecule has 0 aliphatic carbocycles. The van der Waals surface area contributed by atoms with E-state index in [9.17, 15) is 9.59 Å². The van der Waals surface area contributed by atoms with Gasteiger partial charge >= 0.3 is 0 Å². The smallest absolute Gasteiger partial charge is 0.261 e. The minimum atomic E-state index is -0.428. The van der Waals surface area contributed by atoms with Gasteiger partial charge in [-0.1, -0.05) is 30.3 Å². The number of carbonyl (C=O) groups is 1. The van der Waals surface area contributed by atoms with Gasteiger partial charge in [0.05, 0.1) is 9.74 Å². The van der Waals surface area contributed by atoms with Crippen LogP contribution < -0.4 is 15.6 Å². The molecule has 1 aliphatic rings. The molecule has 0 bridgehead atoms. The average Bonchev–Trinajstić information content (AvgIpc) is 2.69. The number of pyridine rings is 1. The van der Waals surface area contributed by atoms with E-state index in [1.165, 1.54) is 0 Å². The summed E-state index contributed by atoms with van der Waals surface area (Å²) in [5.41, 5.74) is 4.38. The molecule has 0 atom stereocenters. The molecule has 152 valence electrons. The van der Waals surface area contributed by atoms with Crippen LogP contribution in [0.5, 0.6) is 11.5 Å². The molecule has 6 heteroatoms. The van der Waals surface area contributed by atoms with Crippen molar-refractivity contribution in [3.05, 3.63) is 103 Å². The van der Waals surface area contributed by atoms with E-state index in [1.807, 2.05) is 50.2 Å². The van der Waals surface area contributed by atoms with Crippen molar-refractivity contribution in [1.29, 1.82) is 0 Å². The molecular weight excluding hydrogens is 491 g/mol. The second-order valence-electron chi connectivity index (χ2n) is 7.44. The van der Waals surface area contributed by atoms with Crippen LogP contribution in [0.3, 0.4) is 0 Å². The van der Waals surface area contributed by atoms with Gasteiger partial charge in [-0.05, 0) is 77.7 Å². The highest BCUT2D eigenvalue weighted by atomic mass is 127. The molecule has 2 heterocycles. The molecule has 1 amide bonds. The zero-order valence-corrected chi connectivity index (χ0v) is 18.9. The first kappa shape index (κ1) is 20.4. The third kappa shape index (κ3) is 3.79. The lowest BCUT2D eigenvalue weighted by atomic mass is 9.92. The van der Waals surface area contributed by atoms with E-state index < -0.39 is 17.5 Å². The van der Waals surface area contributed by atoms with Gasteiger partial charge in [0.25, 0.3) is 11.5 Å². The van der Waals surface area contributed by atoms with Gasteiger partial charge in [-0.15, -0.1) is 6.58 Å². The Morgan fingerprint density at radius 3 is 2.30 bits per heavy atom. The SMILES string of the molecule is C=CCc1cc(C(=O)NC2c3ccc(C)cc3Oc3cc(C)ccc32)c(=O)[nH]c1I. The Morgan fingerprint density at radius 1 is 1.13 bits per heavy atom. The molecule has 4 rings (SSSR count). The van der Waals surface area contributed by atoms with E-state index in [0.29, 0.717) is 21.6 Å². The van der Waals surface area contributed by atoms with Crippen molar-refractivity contribution in [1.82, 2.24) is 10.3 Å². The van der Waals surface area contributed by atoms with Crippen LogP contribution >= 0.6 is 22.6 Å². The first-order valence-electron chi connectivity index (χ1n) is 9.59. The molecule has 2 N–H and O–H groups in total. The van der Waals surface area contributed by atoms with Crippen molar-refractivity contribution < 1.29 is 9.53 Å². The third-order valence-electron chi connectivity index (χ3n) is 5.13. The molecule has 5 nitrogen and oxygen atoms in total. The zero-order valence-electron chi connectivity index (χ0n) is 16.7. The number of aromatic amines is 1. The summed E-state index contributed by atoms with van der Waals surface area (Å²) in [6, 6.07) is 13.0. The quantitative estimate of drug-likeness (QED) is 0.295. The number of nitrogens with one attached hydrogen (secondary N) is 2. The number of ether oxygens (including phenoxy) is 1. The van der Waals surface area contributed by atoms with Gasteiger partial charge < -0.3 is 15.0 Å². The Hall–Kier alpha value is -2.87. The second-order valence-corrected chi connectivity index (χ2v) is 8.51. The van der Waals surface area contributed by atoms with Crippen molar-refractivity contribution >= 4 is 28.5 Å². The van der Waals surface area contributed by atoms with Gasteiger partial charge in [0.15, 0.2) is 0 Å². The summed E-state index contributed by atoms with van der Waals surface area (Å²) in [6.07, 6.45) is 2.31. The normalized spacial score (nSPS) is 12.5. The van der Waals surface area contributed by atoms with E-state index in [4.69, 9.17) is 4.74 Å². The lowest BCUT2D eigenvalue weighted by Crippen LogP contribution is -2.35. The molecule has 0 saturated heterocycles. The van der Waals surface area contributed by atoms with Crippen molar-refractivity contribution in [2.45, 2.75) is 26.3 Å². The van der Waals surface area contributed by atoms with Crippen molar-refractivity contribution in [2.24, 2.45) is 0 Å². The summed E-state index contributed by atoms with van der Waals surface area (Å²) in [6.45, 7) is 7.73. The molecule has 3 aromatic rings. The Morgan fingerprint density at radius 2 is 1.73 bits per heavy atom. The average molecular weight is 512 g/mol. The number of H-pyrrole nitrogens is 1. The number of halogens is 1. The van der Waals surface area contributed by atoms with E-state index in [2.05, 4.69) is 39.5 Å². The highest BCUT2D eigenvalue weighted by molar-refractivity contribution is 14.1. The Kier molecular flexibility index (Phi) is 5.51. The fourth-order valence-corrected chi connectivity index (χ4v) is 4.23. The third-order valence-corrected chi connectivity index (χ3v) is 6.10.